The predicted molar refractivity (Wildman–Crippen MR) is 90.6 cm³/mol. The quantitative estimate of drug-likeness (QED) is 0.906. The van der Waals surface area contributed by atoms with E-state index < -0.39 is 0 Å². The second kappa shape index (κ2) is 7.19. The number of aromatic nitrogens is 2. The Balaban J connectivity index is 1.69. The Bertz CT molecular complexity index is 653. The molecule has 2 aromatic rings. The number of anilines is 2. The summed E-state index contributed by atoms with van der Waals surface area (Å²) in [6, 6.07) is 9.32. The fraction of sp³-hybridized carbons (Fsp3) is 0.353. The van der Waals surface area contributed by atoms with Crippen LogP contribution in [0.2, 0.25) is 0 Å². The summed E-state index contributed by atoms with van der Waals surface area (Å²) in [5.74, 6) is 0.483. The molecule has 1 aliphatic rings. The zero-order valence-corrected chi connectivity index (χ0v) is 13.2. The first-order valence-electron chi connectivity index (χ1n) is 7.85. The molecule has 0 aromatic carbocycles. The van der Waals surface area contributed by atoms with Gasteiger partial charge in [-0.15, -0.1) is 0 Å². The van der Waals surface area contributed by atoms with Gasteiger partial charge in [-0.1, -0.05) is 6.07 Å². The van der Waals surface area contributed by atoms with E-state index in [0.717, 1.165) is 25.9 Å². The Hall–Kier alpha value is -2.47. The fourth-order valence-electron chi connectivity index (χ4n) is 2.65. The molecular formula is C17H21N5O. The van der Waals surface area contributed by atoms with Gasteiger partial charge in [0.1, 0.15) is 11.5 Å². The lowest BCUT2D eigenvalue weighted by Gasteiger charge is -2.30. The van der Waals surface area contributed by atoms with Gasteiger partial charge in [0.15, 0.2) is 0 Å². The lowest BCUT2D eigenvalue weighted by molar-refractivity contribution is 0.102. The van der Waals surface area contributed by atoms with Gasteiger partial charge in [0.05, 0.1) is 5.69 Å². The molecule has 1 aliphatic heterocycles. The maximum absolute atomic E-state index is 12.3. The van der Waals surface area contributed by atoms with Crippen molar-refractivity contribution in [1.29, 1.82) is 0 Å². The number of pyridine rings is 2. The highest BCUT2D eigenvalue weighted by atomic mass is 16.1. The Labute approximate surface area is 135 Å². The zero-order chi connectivity index (χ0) is 16.1. The first-order chi connectivity index (χ1) is 11.2. The first kappa shape index (κ1) is 15.4. The zero-order valence-electron chi connectivity index (χ0n) is 13.2. The molecule has 2 N–H and O–H groups in total. The van der Waals surface area contributed by atoms with Crippen molar-refractivity contribution in [1.82, 2.24) is 14.9 Å². The van der Waals surface area contributed by atoms with Gasteiger partial charge in [-0.3, -0.25) is 9.78 Å². The van der Waals surface area contributed by atoms with Crippen LogP contribution in [0.4, 0.5) is 11.5 Å². The molecule has 1 saturated heterocycles. The van der Waals surface area contributed by atoms with Gasteiger partial charge >= 0.3 is 0 Å². The van der Waals surface area contributed by atoms with E-state index in [4.69, 9.17) is 0 Å². The van der Waals surface area contributed by atoms with E-state index in [9.17, 15) is 4.79 Å². The van der Waals surface area contributed by atoms with Crippen LogP contribution in [-0.2, 0) is 0 Å². The first-order valence-corrected chi connectivity index (χ1v) is 7.85. The third-order valence-corrected chi connectivity index (χ3v) is 4.01. The minimum atomic E-state index is -0.231. The summed E-state index contributed by atoms with van der Waals surface area (Å²) >= 11 is 0. The number of piperidine rings is 1. The van der Waals surface area contributed by atoms with Gasteiger partial charge in [-0.2, -0.15) is 0 Å². The van der Waals surface area contributed by atoms with Crippen LogP contribution in [-0.4, -0.2) is 47.0 Å². The normalized spacial score (nSPS) is 16.0. The number of carbonyl (C=O) groups is 1. The Kier molecular flexibility index (Phi) is 4.83. The summed E-state index contributed by atoms with van der Waals surface area (Å²) in [7, 11) is 2.13. The molecule has 1 amide bonds. The van der Waals surface area contributed by atoms with Crippen molar-refractivity contribution in [3.63, 3.8) is 0 Å². The number of hydrogen-bond acceptors (Lipinski definition) is 5. The summed E-state index contributed by atoms with van der Waals surface area (Å²) in [6.45, 7) is 2.14. The summed E-state index contributed by atoms with van der Waals surface area (Å²) in [5.41, 5.74) is 1.07. The maximum Gasteiger partial charge on any atom is 0.274 e. The van der Waals surface area contributed by atoms with E-state index in [-0.39, 0.29) is 5.91 Å². The van der Waals surface area contributed by atoms with Crippen molar-refractivity contribution >= 4 is 17.4 Å². The summed E-state index contributed by atoms with van der Waals surface area (Å²) in [6.07, 6.45) is 5.48. The van der Waals surface area contributed by atoms with Crippen molar-refractivity contribution in [2.45, 2.75) is 18.9 Å². The van der Waals surface area contributed by atoms with Crippen LogP contribution in [0.5, 0.6) is 0 Å². The summed E-state index contributed by atoms with van der Waals surface area (Å²) < 4.78 is 0. The van der Waals surface area contributed by atoms with Crippen LogP contribution >= 0.6 is 0 Å². The van der Waals surface area contributed by atoms with Gasteiger partial charge in [-0.05, 0) is 57.2 Å². The largest absolute Gasteiger partial charge is 0.366 e. The van der Waals surface area contributed by atoms with Crippen LogP contribution in [0.25, 0.3) is 0 Å². The molecule has 6 nitrogen and oxygen atoms in total. The molecule has 0 unspecified atom stereocenters. The summed E-state index contributed by atoms with van der Waals surface area (Å²) in [4.78, 5) is 23.0. The topological polar surface area (TPSA) is 70.2 Å². The number of likely N-dealkylation sites (tertiary alicyclic amines) is 1. The van der Waals surface area contributed by atoms with E-state index in [1.54, 1.807) is 30.6 Å². The molecule has 0 atom stereocenters. The van der Waals surface area contributed by atoms with Crippen molar-refractivity contribution in [2.24, 2.45) is 0 Å². The minimum absolute atomic E-state index is 0.231. The van der Waals surface area contributed by atoms with Gasteiger partial charge in [0.25, 0.3) is 5.91 Å². The van der Waals surface area contributed by atoms with E-state index in [2.05, 4.69) is 32.5 Å². The molecule has 0 aliphatic carbocycles. The predicted octanol–water partition coefficient (Wildman–Crippen LogP) is 2.24. The number of nitrogens with zero attached hydrogens (tertiary/aromatic N) is 3. The number of nitrogens with one attached hydrogen (secondary N) is 2. The smallest absolute Gasteiger partial charge is 0.274 e. The van der Waals surface area contributed by atoms with Gasteiger partial charge < -0.3 is 15.5 Å². The van der Waals surface area contributed by atoms with E-state index in [1.165, 1.54) is 0 Å². The van der Waals surface area contributed by atoms with Crippen LogP contribution in [0.1, 0.15) is 23.3 Å². The molecule has 120 valence electrons. The van der Waals surface area contributed by atoms with E-state index in [0.29, 0.717) is 23.2 Å². The Morgan fingerprint density at radius 3 is 2.65 bits per heavy atom. The minimum Gasteiger partial charge on any atom is -0.366 e. The number of hydrogen-bond donors (Lipinski definition) is 2. The molecule has 2 aromatic heterocycles. The number of carbonyl (C=O) groups excluding carboxylic acids is 1. The van der Waals surface area contributed by atoms with Crippen molar-refractivity contribution in [3.8, 4) is 0 Å². The lowest BCUT2D eigenvalue weighted by atomic mass is 10.1. The Morgan fingerprint density at radius 2 is 1.91 bits per heavy atom. The molecule has 0 saturated carbocycles. The van der Waals surface area contributed by atoms with Crippen molar-refractivity contribution < 1.29 is 4.79 Å². The van der Waals surface area contributed by atoms with Crippen molar-refractivity contribution in [3.05, 3.63) is 48.4 Å². The molecule has 23 heavy (non-hydrogen) atoms. The highest BCUT2D eigenvalue weighted by molar-refractivity contribution is 6.04. The van der Waals surface area contributed by atoms with Gasteiger partial charge in [0.2, 0.25) is 0 Å². The second-order valence-electron chi connectivity index (χ2n) is 5.79. The average molecular weight is 311 g/mol. The molecule has 1 fully saturated rings. The van der Waals surface area contributed by atoms with E-state index >= 15 is 0 Å². The average Bonchev–Trinajstić information content (AvgIpc) is 2.59. The molecule has 3 heterocycles. The molecule has 0 radical (unpaired) electrons. The Morgan fingerprint density at radius 1 is 1.13 bits per heavy atom. The van der Waals surface area contributed by atoms with Crippen LogP contribution in [0.15, 0.2) is 42.7 Å². The number of rotatable bonds is 4. The number of amides is 1. The third-order valence-electron chi connectivity index (χ3n) is 4.01. The molecule has 3 rings (SSSR count). The van der Waals surface area contributed by atoms with Crippen LogP contribution in [0.3, 0.4) is 0 Å². The lowest BCUT2D eigenvalue weighted by Crippen LogP contribution is -2.37. The van der Waals surface area contributed by atoms with Crippen LogP contribution in [0, 0.1) is 0 Å². The van der Waals surface area contributed by atoms with E-state index in [1.807, 2.05) is 12.1 Å². The highest BCUT2D eigenvalue weighted by Crippen LogP contribution is 2.22. The fourth-order valence-corrected chi connectivity index (χ4v) is 2.65. The summed E-state index contributed by atoms with van der Waals surface area (Å²) in [5, 5.41) is 6.34. The van der Waals surface area contributed by atoms with Crippen LogP contribution < -0.4 is 10.6 Å². The molecule has 0 bridgehead atoms. The second-order valence-corrected chi connectivity index (χ2v) is 5.79. The third kappa shape index (κ3) is 4.04. The van der Waals surface area contributed by atoms with Crippen molar-refractivity contribution in [2.75, 3.05) is 30.8 Å². The molecule has 6 heteroatoms. The molecular weight excluding hydrogens is 290 g/mol. The van der Waals surface area contributed by atoms with Gasteiger partial charge in [0, 0.05) is 18.4 Å². The highest BCUT2D eigenvalue weighted by Gasteiger charge is 2.18. The molecule has 0 spiro atoms. The van der Waals surface area contributed by atoms with Gasteiger partial charge in [-0.25, -0.2) is 4.98 Å². The SMILES string of the molecule is CN1CCC(Nc2ncccc2NC(=O)c2ccccn2)CC1. The maximum atomic E-state index is 12.3. The standard InChI is InChI=1S/C17H21N5O/c1-22-11-7-13(8-12-22)20-16-14(6-4-10-19-16)21-17(23)15-5-2-3-9-18-15/h2-6,9-10,13H,7-8,11-12H2,1H3,(H,19,20)(H,21,23). The monoisotopic (exact) mass is 311 g/mol.